The van der Waals surface area contributed by atoms with Crippen molar-refractivity contribution in [3.05, 3.63) is 42.1 Å². The van der Waals surface area contributed by atoms with Gasteiger partial charge in [-0.3, -0.25) is 9.88 Å². The average Bonchev–Trinajstić information content (AvgIpc) is 2.84. The highest BCUT2D eigenvalue weighted by atomic mass is 32.2. The van der Waals surface area contributed by atoms with Crippen LogP contribution in [0.2, 0.25) is 0 Å². The van der Waals surface area contributed by atoms with Crippen molar-refractivity contribution in [1.82, 2.24) is 9.88 Å². The molecule has 25 heavy (non-hydrogen) atoms. The molecule has 1 aromatic carbocycles. The van der Waals surface area contributed by atoms with Crippen molar-refractivity contribution >= 4 is 20.7 Å². The number of rotatable bonds is 5. The maximum Gasteiger partial charge on any atom is 0.158 e. The van der Waals surface area contributed by atoms with E-state index in [1.165, 1.54) is 0 Å². The minimum absolute atomic E-state index is 0.123. The summed E-state index contributed by atoms with van der Waals surface area (Å²) in [5, 5.41) is 1.13. The maximum absolute atomic E-state index is 12.6. The van der Waals surface area contributed by atoms with Crippen LogP contribution in [0.4, 0.5) is 0 Å². The van der Waals surface area contributed by atoms with Crippen LogP contribution in [-0.4, -0.2) is 55.1 Å². The summed E-state index contributed by atoms with van der Waals surface area (Å²) >= 11 is 0. The van der Waals surface area contributed by atoms with E-state index in [1.54, 1.807) is 0 Å². The van der Waals surface area contributed by atoms with E-state index >= 15 is 0 Å². The molecule has 2 aliphatic rings. The van der Waals surface area contributed by atoms with E-state index in [0.29, 0.717) is 38.6 Å². The van der Waals surface area contributed by atoms with Gasteiger partial charge in [-0.15, -0.1) is 0 Å². The Morgan fingerprint density at radius 1 is 1.24 bits per heavy atom. The SMILES string of the molecule is CCOCC1CCS(=O)(=O)C12CN(Cc1ccc3ccccc3n1)C2. The molecule has 0 bridgehead atoms. The minimum atomic E-state index is -3.03. The first-order valence-electron chi connectivity index (χ1n) is 8.91. The second-order valence-electron chi connectivity index (χ2n) is 7.17. The Morgan fingerprint density at radius 3 is 2.84 bits per heavy atom. The first-order chi connectivity index (χ1) is 12.0. The fraction of sp³-hybridized carbons (Fsp3) is 0.526. The summed E-state index contributed by atoms with van der Waals surface area (Å²) in [5.74, 6) is 0.422. The second-order valence-corrected chi connectivity index (χ2v) is 9.62. The summed E-state index contributed by atoms with van der Waals surface area (Å²) < 4.78 is 30.2. The molecular formula is C19H24N2O3S. The van der Waals surface area contributed by atoms with Crippen molar-refractivity contribution in [3.8, 4) is 0 Å². The molecule has 0 radical (unpaired) electrons. The number of sulfone groups is 1. The molecular weight excluding hydrogens is 336 g/mol. The molecule has 1 unspecified atom stereocenters. The number of hydrogen-bond donors (Lipinski definition) is 0. The van der Waals surface area contributed by atoms with Gasteiger partial charge in [-0.2, -0.15) is 0 Å². The quantitative estimate of drug-likeness (QED) is 0.819. The zero-order valence-corrected chi connectivity index (χ0v) is 15.3. The standard InChI is InChI=1S/C19H24N2O3S/c1-2-24-12-16-9-10-25(22,23)19(16)13-21(14-19)11-17-8-7-15-5-3-4-6-18(15)20-17/h3-8,16H,2,9-14H2,1H3. The second kappa shape index (κ2) is 6.34. The molecule has 6 heteroatoms. The van der Waals surface area contributed by atoms with Gasteiger partial charge in [0.05, 0.1) is 23.6 Å². The highest BCUT2D eigenvalue weighted by Crippen LogP contribution is 2.45. The highest BCUT2D eigenvalue weighted by Gasteiger charge is 2.61. The number of aromatic nitrogens is 1. The topological polar surface area (TPSA) is 59.5 Å². The van der Waals surface area contributed by atoms with E-state index in [9.17, 15) is 8.42 Å². The third kappa shape index (κ3) is 2.86. The maximum atomic E-state index is 12.6. The molecule has 2 saturated heterocycles. The van der Waals surface area contributed by atoms with Crippen LogP contribution < -0.4 is 0 Å². The molecule has 1 aromatic heterocycles. The molecule has 1 atom stereocenters. The van der Waals surface area contributed by atoms with Gasteiger partial charge in [0.25, 0.3) is 0 Å². The Kier molecular flexibility index (Phi) is 4.30. The number of hydrogen-bond acceptors (Lipinski definition) is 5. The predicted octanol–water partition coefficient (Wildman–Crippen LogP) is 2.26. The predicted molar refractivity (Wildman–Crippen MR) is 98.1 cm³/mol. The van der Waals surface area contributed by atoms with Gasteiger partial charge in [0.15, 0.2) is 9.84 Å². The molecule has 3 heterocycles. The number of likely N-dealkylation sites (tertiary alicyclic amines) is 1. The monoisotopic (exact) mass is 360 g/mol. The van der Waals surface area contributed by atoms with Crippen molar-refractivity contribution in [2.75, 3.05) is 32.1 Å². The van der Waals surface area contributed by atoms with Gasteiger partial charge >= 0.3 is 0 Å². The lowest BCUT2D eigenvalue weighted by atomic mass is 9.83. The zero-order chi connectivity index (χ0) is 17.5. The van der Waals surface area contributed by atoms with Crippen LogP contribution in [-0.2, 0) is 21.1 Å². The van der Waals surface area contributed by atoms with E-state index in [2.05, 4.69) is 11.0 Å². The van der Waals surface area contributed by atoms with Gasteiger partial charge in [-0.05, 0) is 25.5 Å². The number of pyridine rings is 1. The van der Waals surface area contributed by atoms with Gasteiger partial charge in [0.1, 0.15) is 4.75 Å². The van der Waals surface area contributed by atoms with E-state index < -0.39 is 14.6 Å². The molecule has 4 rings (SSSR count). The van der Waals surface area contributed by atoms with E-state index in [0.717, 1.165) is 23.0 Å². The molecule has 0 saturated carbocycles. The number of nitrogens with zero attached hydrogens (tertiary/aromatic N) is 2. The fourth-order valence-corrected chi connectivity index (χ4v) is 6.67. The van der Waals surface area contributed by atoms with Crippen LogP contribution in [0.3, 0.4) is 0 Å². The summed E-state index contributed by atoms with van der Waals surface area (Å²) in [6.07, 6.45) is 0.727. The van der Waals surface area contributed by atoms with Gasteiger partial charge < -0.3 is 4.74 Å². The van der Waals surface area contributed by atoms with E-state index in [1.807, 2.05) is 37.3 Å². The van der Waals surface area contributed by atoms with Crippen LogP contribution in [0.25, 0.3) is 10.9 Å². The van der Waals surface area contributed by atoms with Gasteiger partial charge in [0, 0.05) is 37.5 Å². The third-order valence-corrected chi connectivity index (χ3v) is 8.25. The first kappa shape index (κ1) is 16.9. The molecule has 0 aliphatic carbocycles. The lowest BCUT2D eigenvalue weighted by Crippen LogP contribution is -2.67. The zero-order valence-electron chi connectivity index (χ0n) is 14.5. The smallest absolute Gasteiger partial charge is 0.158 e. The minimum Gasteiger partial charge on any atom is -0.381 e. The summed E-state index contributed by atoms with van der Waals surface area (Å²) in [7, 11) is -3.03. The van der Waals surface area contributed by atoms with E-state index in [-0.39, 0.29) is 5.92 Å². The highest BCUT2D eigenvalue weighted by molar-refractivity contribution is 7.93. The van der Waals surface area contributed by atoms with Crippen molar-refractivity contribution in [2.24, 2.45) is 5.92 Å². The third-order valence-electron chi connectivity index (χ3n) is 5.65. The van der Waals surface area contributed by atoms with Crippen LogP contribution in [0, 0.1) is 5.92 Å². The Labute approximate surface area is 148 Å². The molecule has 0 N–H and O–H groups in total. The number of benzene rings is 1. The van der Waals surface area contributed by atoms with Gasteiger partial charge in [-0.25, -0.2) is 8.42 Å². The van der Waals surface area contributed by atoms with Crippen LogP contribution >= 0.6 is 0 Å². The van der Waals surface area contributed by atoms with Crippen molar-refractivity contribution in [2.45, 2.75) is 24.6 Å². The summed E-state index contributed by atoms with van der Waals surface area (Å²) in [6, 6.07) is 12.2. The lowest BCUT2D eigenvalue weighted by molar-refractivity contribution is 0.0287. The Balaban J connectivity index is 1.47. The lowest BCUT2D eigenvalue weighted by Gasteiger charge is -2.49. The number of ether oxygens (including phenoxy) is 1. The van der Waals surface area contributed by atoms with E-state index in [4.69, 9.17) is 9.72 Å². The first-order valence-corrected chi connectivity index (χ1v) is 10.6. The van der Waals surface area contributed by atoms with Crippen LogP contribution in [0.15, 0.2) is 36.4 Å². The molecule has 2 aliphatic heterocycles. The molecule has 2 aromatic rings. The summed E-state index contributed by atoms with van der Waals surface area (Å²) in [4.78, 5) is 6.89. The van der Waals surface area contributed by atoms with Crippen molar-refractivity contribution < 1.29 is 13.2 Å². The number of fused-ring (bicyclic) bond motifs is 1. The Bertz CT molecular complexity index is 875. The van der Waals surface area contributed by atoms with Crippen molar-refractivity contribution in [1.29, 1.82) is 0 Å². The normalized spacial score (nSPS) is 24.6. The Morgan fingerprint density at radius 2 is 2.04 bits per heavy atom. The van der Waals surface area contributed by atoms with Crippen molar-refractivity contribution in [3.63, 3.8) is 0 Å². The molecule has 1 spiro atoms. The molecule has 5 nitrogen and oxygen atoms in total. The fourth-order valence-electron chi connectivity index (χ4n) is 4.22. The molecule has 2 fully saturated rings. The molecule has 134 valence electrons. The molecule has 0 amide bonds. The Hall–Kier alpha value is -1.50. The summed E-state index contributed by atoms with van der Waals surface area (Å²) in [5.41, 5.74) is 1.98. The van der Waals surface area contributed by atoms with Crippen LogP contribution in [0.5, 0.6) is 0 Å². The van der Waals surface area contributed by atoms with Gasteiger partial charge in [0.2, 0.25) is 0 Å². The largest absolute Gasteiger partial charge is 0.381 e. The summed E-state index contributed by atoms with van der Waals surface area (Å²) in [6.45, 7) is 5.04. The average molecular weight is 360 g/mol. The van der Waals surface area contributed by atoms with Crippen LogP contribution in [0.1, 0.15) is 19.0 Å². The number of para-hydroxylation sites is 1. The van der Waals surface area contributed by atoms with Gasteiger partial charge in [-0.1, -0.05) is 24.3 Å².